The molecule has 3 heterocycles. The van der Waals surface area contributed by atoms with Crippen LogP contribution in [0.3, 0.4) is 0 Å². The third kappa shape index (κ3) is 4.69. The summed E-state index contributed by atoms with van der Waals surface area (Å²) >= 11 is 1.58. The second-order valence-electron chi connectivity index (χ2n) is 9.29. The zero-order valence-corrected chi connectivity index (χ0v) is 21.8. The fourth-order valence-corrected chi connectivity index (χ4v) is 8.52. The molecule has 5 nitrogen and oxygen atoms in total. The molecule has 2 aliphatic heterocycles. The van der Waals surface area contributed by atoms with Gasteiger partial charge in [0.2, 0.25) is 9.04 Å². The molecule has 34 heavy (non-hydrogen) atoms. The molecule has 0 radical (unpaired) electrons. The van der Waals surface area contributed by atoms with Gasteiger partial charge in [0.15, 0.2) is 5.13 Å². The molecule has 2 saturated heterocycles. The van der Waals surface area contributed by atoms with E-state index in [4.69, 9.17) is 9.41 Å². The third-order valence-electron chi connectivity index (χ3n) is 7.02. The number of thiazole rings is 1. The number of carbonyl (C=O) groups is 1. The van der Waals surface area contributed by atoms with E-state index in [2.05, 4.69) is 72.5 Å². The number of carbonyl (C=O) groups excluding carboxylic acids is 1. The maximum atomic E-state index is 12.9. The van der Waals surface area contributed by atoms with Crippen LogP contribution in [0.4, 0.5) is 5.13 Å². The molecule has 3 aromatic rings. The molecule has 0 N–H and O–H groups in total. The summed E-state index contributed by atoms with van der Waals surface area (Å²) in [5.74, 6) is 0.0708. The van der Waals surface area contributed by atoms with Crippen LogP contribution in [0.5, 0.6) is 0 Å². The van der Waals surface area contributed by atoms with Crippen LogP contribution in [0.25, 0.3) is 0 Å². The predicted octanol–water partition coefficient (Wildman–Crippen LogP) is 4.03. The number of hydrogen-bond acceptors (Lipinski definition) is 5. The molecule has 0 bridgehead atoms. The van der Waals surface area contributed by atoms with Gasteiger partial charge in [-0.2, -0.15) is 0 Å². The number of hydrogen-bond donors (Lipinski definition) is 0. The lowest BCUT2D eigenvalue weighted by Gasteiger charge is -2.54. The Balaban J connectivity index is 1.43. The number of unbranched alkanes of at least 4 members (excludes halogenated alkanes) is 1. The van der Waals surface area contributed by atoms with Gasteiger partial charge >= 0.3 is 0 Å². The predicted molar refractivity (Wildman–Crippen MR) is 142 cm³/mol. The van der Waals surface area contributed by atoms with Gasteiger partial charge in [0.1, 0.15) is 11.4 Å². The van der Waals surface area contributed by atoms with E-state index in [9.17, 15) is 4.79 Å². The summed E-state index contributed by atoms with van der Waals surface area (Å²) in [5.41, 5.74) is 0.225. The number of nitrogens with zero attached hydrogens (tertiary/aromatic N) is 3. The molecule has 1 unspecified atom stereocenters. The van der Waals surface area contributed by atoms with Crippen LogP contribution in [0.2, 0.25) is 0 Å². The maximum absolute atomic E-state index is 12.9. The average molecular weight is 492 g/mol. The quantitative estimate of drug-likeness (QED) is 0.424. The van der Waals surface area contributed by atoms with Crippen molar-refractivity contribution in [3.63, 3.8) is 0 Å². The Morgan fingerprint density at radius 3 is 2.24 bits per heavy atom. The Bertz CT molecular complexity index is 1050. The van der Waals surface area contributed by atoms with E-state index >= 15 is 0 Å². The Hall–Kier alpha value is -2.48. The second kappa shape index (κ2) is 10.4. The highest BCUT2D eigenvalue weighted by Gasteiger charge is 2.48. The monoisotopic (exact) mass is 491 g/mol. The topological polar surface area (TPSA) is 45.7 Å². The van der Waals surface area contributed by atoms with Crippen LogP contribution in [0.15, 0.2) is 66.0 Å². The lowest BCUT2D eigenvalue weighted by Crippen LogP contribution is -2.66. The zero-order valence-electron chi connectivity index (χ0n) is 19.9. The molecule has 2 aromatic carbocycles. The summed E-state index contributed by atoms with van der Waals surface area (Å²) in [4.78, 5) is 22.0. The van der Waals surface area contributed by atoms with Gasteiger partial charge in [0.25, 0.3) is 5.91 Å². The van der Waals surface area contributed by atoms with Crippen molar-refractivity contribution in [2.75, 3.05) is 24.5 Å². The summed E-state index contributed by atoms with van der Waals surface area (Å²) < 4.78 is 7.22. The molecule has 2 fully saturated rings. The van der Waals surface area contributed by atoms with Crippen LogP contribution in [0, 0.1) is 0 Å². The SMILES string of the molecule is CCCCC1(O[SiH](c2ccccc2)c2ccccc2)CCN1c1nc(C(=O)N2CCCC2)cs1. The van der Waals surface area contributed by atoms with Gasteiger partial charge in [-0.15, -0.1) is 11.3 Å². The van der Waals surface area contributed by atoms with Gasteiger partial charge in [-0.1, -0.05) is 74.0 Å². The normalized spacial score (nSPS) is 20.1. The Morgan fingerprint density at radius 2 is 1.68 bits per heavy atom. The van der Waals surface area contributed by atoms with Crippen molar-refractivity contribution >= 4 is 41.8 Å². The van der Waals surface area contributed by atoms with Crippen LogP contribution in [-0.4, -0.2) is 50.2 Å². The van der Waals surface area contributed by atoms with E-state index in [-0.39, 0.29) is 11.6 Å². The molecule has 1 atom stereocenters. The van der Waals surface area contributed by atoms with Crippen molar-refractivity contribution in [2.45, 2.75) is 51.2 Å². The standard InChI is InChI=1S/C27H33N3O2SSi/c1-2-3-16-27(32-34(22-12-6-4-7-13-22)23-14-8-5-9-15-23)17-20-30(27)26-28-24(21-33-26)25(31)29-18-10-11-19-29/h4-9,12-15,21,34H,2-3,10-11,16-20H2,1H3. The Morgan fingerprint density at radius 1 is 1.03 bits per heavy atom. The molecule has 0 saturated carbocycles. The lowest BCUT2D eigenvalue weighted by atomic mass is 9.93. The highest BCUT2D eigenvalue weighted by molar-refractivity contribution is 7.14. The number of benzene rings is 2. The number of aromatic nitrogens is 1. The number of amides is 1. The summed E-state index contributed by atoms with van der Waals surface area (Å²) in [5, 5.41) is 5.43. The summed E-state index contributed by atoms with van der Waals surface area (Å²) in [6, 6.07) is 21.4. The first-order valence-corrected chi connectivity index (χ1v) is 15.0. The van der Waals surface area contributed by atoms with Gasteiger partial charge in [0, 0.05) is 31.4 Å². The molecule has 178 valence electrons. The van der Waals surface area contributed by atoms with Crippen molar-refractivity contribution < 1.29 is 9.22 Å². The van der Waals surface area contributed by atoms with E-state index in [0.29, 0.717) is 5.69 Å². The van der Waals surface area contributed by atoms with E-state index in [0.717, 1.165) is 63.3 Å². The molecule has 5 rings (SSSR count). The number of rotatable bonds is 9. The largest absolute Gasteiger partial charge is 0.389 e. The minimum Gasteiger partial charge on any atom is -0.389 e. The molecule has 0 spiro atoms. The molecular formula is C27H33N3O2SSi. The number of anilines is 1. The summed E-state index contributed by atoms with van der Waals surface area (Å²) in [6.07, 6.45) is 6.37. The van der Waals surface area contributed by atoms with E-state index in [1.54, 1.807) is 11.3 Å². The van der Waals surface area contributed by atoms with E-state index in [1.807, 2.05) is 10.3 Å². The molecular weight excluding hydrogens is 458 g/mol. The zero-order chi connectivity index (χ0) is 23.4. The first-order valence-electron chi connectivity index (χ1n) is 12.5. The molecule has 2 aliphatic rings. The van der Waals surface area contributed by atoms with Gasteiger partial charge in [-0.25, -0.2) is 4.98 Å². The first kappa shape index (κ1) is 23.3. The van der Waals surface area contributed by atoms with Crippen molar-refractivity contribution in [3.8, 4) is 0 Å². The summed E-state index contributed by atoms with van der Waals surface area (Å²) in [6.45, 7) is 4.84. The number of likely N-dealkylation sites (tertiary alicyclic amines) is 1. The van der Waals surface area contributed by atoms with Crippen LogP contribution in [-0.2, 0) is 4.43 Å². The fourth-order valence-electron chi connectivity index (χ4n) is 5.01. The van der Waals surface area contributed by atoms with Crippen LogP contribution < -0.4 is 15.3 Å². The first-order chi connectivity index (χ1) is 16.7. The summed E-state index contributed by atoms with van der Waals surface area (Å²) in [7, 11) is -1.92. The van der Waals surface area contributed by atoms with Gasteiger partial charge < -0.3 is 14.2 Å². The minimum atomic E-state index is -1.92. The molecule has 0 aliphatic carbocycles. The van der Waals surface area contributed by atoms with E-state index in [1.165, 1.54) is 10.4 Å². The second-order valence-corrected chi connectivity index (χ2v) is 12.5. The van der Waals surface area contributed by atoms with Crippen molar-refractivity contribution in [1.29, 1.82) is 0 Å². The molecule has 7 heteroatoms. The van der Waals surface area contributed by atoms with Crippen LogP contribution in [0.1, 0.15) is 55.9 Å². The van der Waals surface area contributed by atoms with Crippen molar-refractivity contribution in [2.24, 2.45) is 0 Å². The Kier molecular flexibility index (Phi) is 7.13. The molecule has 1 aromatic heterocycles. The lowest BCUT2D eigenvalue weighted by molar-refractivity contribution is 0.00139. The maximum Gasteiger partial charge on any atom is 0.273 e. The van der Waals surface area contributed by atoms with Crippen LogP contribution >= 0.6 is 11.3 Å². The molecule has 1 amide bonds. The van der Waals surface area contributed by atoms with E-state index < -0.39 is 9.04 Å². The smallest absolute Gasteiger partial charge is 0.273 e. The van der Waals surface area contributed by atoms with Gasteiger partial charge in [-0.05, 0) is 36.1 Å². The van der Waals surface area contributed by atoms with Crippen molar-refractivity contribution in [3.05, 3.63) is 71.7 Å². The van der Waals surface area contributed by atoms with Crippen molar-refractivity contribution in [1.82, 2.24) is 9.88 Å². The average Bonchev–Trinajstić information content (AvgIpc) is 3.57. The highest BCUT2D eigenvalue weighted by atomic mass is 32.1. The third-order valence-corrected chi connectivity index (χ3v) is 10.5. The Labute approximate surface area is 208 Å². The van der Waals surface area contributed by atoms with Gasteiger partial charge in [0.05, 0.1) is 0 Å². The van der Waals surface area contributed by atoms with Gasteiger partial charge in [-0.3, -0.25) is 4.79 Å². The fraction of sp³-hybridized carbons (Fsp3) is 0.407. The minimum absolute atomic E-state index is 0.0708. The highest BCUT2D eigenvalue weighted by Crippen LogP contribution is 2.42.